The van der Waals surface area contributed by atoms with Crippen LogP contribution >= 0.6 is 0 Å². The quantitative estimate of drug-likeness (QED) is 0.0425. The average Bonchev–Trinajstić information content (AvgIpc) is 3.10. The topological polar surface area (TPSA) is 24.7 Å². The zero-order chi connectivity index (χ0) is 33.3. The standard InChI is InChI=1S/C45H72N2.Ni/c1-3-5-7-9-11-12-13-14-15-16-17-18-19-20-21-22-23-24-25-27-35-41-45(47-43-38-32-29-33-39-43)44(40-34-26-10-8-6-4-2)46-42-36-30-28-31-37-42;/h28-33,35-39,41H,3-27,34,40H2,1-2H3;/b41-35+,46-44+,47-45+;. The summed E-state index contributed by atoms with van der Waals surface area (Å²) in [7, 11) is 0. The van der Waals surface area contributed by atoms with Crippen LogP contribution in [-0.4, -0.2) is 11.4 Å². The minimum atomic E-state index is 0. The van der Waals surface area contributed by atoms with E-state index < -0.39 is 0 Å². The molecule has 0 aliphatic heterocycles. The van der Waals surface area contributed by atoms with Crippen LogP contribution in [0.4, 0.5) is 11.4 Å². The van der Waals surface area contributed by atoms with Gasteiger partial charge in [-0.1, -0.05) is 204 Å². The van der Waals surface area contributed by atoms with Gasteiger partial charge in [-0.05, 0) is 56.0 Å². The molecule has 0 amide bonds. The summed E-state index contributed by atoms with van der Waals surface area (Å²) in [5.41, 5.74) is 4.15. The first-order chi connectivity index (χ1) is 23.3. The van der Waals surface area contributed by atoms with Crippen molar-refractivity contribution in [3.63, 3.8) is 0 Å². The Balaban J connectivity index is 0.0000115. The summed E-state index contributed by atoms with van der Waals surface area (Å²) in [5.74, 6) is 0. The molecule has 0 saturated heterocycles. The zero-order valence-corrected chi connectivity index (χ0v) is 32.2. The molecular weight excluding hydrogens is 627 g/mol. The molecule has 0 fully saturated rings. The minimum Gasteiger partial charge on any atom is -0.251 e. The smallest absolute Gasteiger partial charge is 0.0848 e. The molecule has 2 rings (SSSR count). The molecule has 2 aromatic rings. The number of allylic oxidation sites excluding steroid dienone is 2. The molecule has 0 bridgehead atoms. The van der Waals surface area contributed by atoms with Crippen molar-refractivity contribution in [3.05, 3.63) is 72.8 Å². The second kappa shape index (κ2) is 33.5. The Kier molecular flexibility index (Phi) is 30.7. The first-order valence-electron chi connectivity index (χ1n) is 20.3. The molecule has 0 N–H and O–H groups in total. The molecule has 0 heterocycles. The predicted molar refractivity (Wildman–Crippen MR) is 212 cm³/mol. The Bertz CT molecular complexity index is 1040. The van der Waals surface area contributed by atoms with Gasteiger partial charge in [0.15, 0.2) is 0 Å². The van der Waals surface area contributed by atoms with E-state index in [1.54, 1.807) is 0 Å². The molecule has 2 aromatic carbocycles. The van der Waals surface area contributed by atoms with E-state index in [4.69, 9.17) is 9.98 Å². The first kappa shape index (κ1) is 44.0. The summed E-state index contributed by atoms with van der Waals surface area (Å²) in [5, 5.41) is 0. The van der Waals surface area contributed by atoms with E-state index in [1.165, 1.54) is 154 Å². The van der Waals surface area contributed by atoms with Crippen molar-refractivity contribution >= 4 is 22.8 Å². The van der Waals surface area contributed by atoms with Gasteiger partial charge in [0.1, 0.15) is 0 Å². The van der Waals surface area contributed by atoms with Crippen molar-refractivity contribution in [1.82, 2.24) is 0 Å². The Morgan fingerprint density at radius 2 is 0.792 bits per heavy atom. The third kappa shape index (κ3) is 25.1. The number of hydrogen-bond acceptors (Lipinski definition) is 2. The fourth-order valence-electron chi connectivity index (χ4n) is 6.35. The van der Waals surface area contributed by atoms with Gasteiger partial charge in [0.05, 0.1) is 22.8 Å². The van der Waals surface area contributed by atoms with E-state index in [-0.39, 0.29) is 16.5 Å². The van der Waals surface area contributed by atoms with E-state index in [2.05, 4.69) is 86.7 Å². The SMILES string of the molecule is CCCCCCCCCCCCCCCCCCCCC/C=C/C(=N\c1ccccc1)C(/CCCCCCCC)=N/c1ccccc1.[Ni]. The summed E-state index contributed by atoms with van der Waals surface area (Å²) in [4.78, 5) is 10.2. The van der Waals surface area contributed by atoms with E-state index in [0.717, 1.165) is 42.1 Å². The van der Waals surface area contributed by atoms with Gasteiger partial charge in [-0.15, -0.1) is 0 Å². The molecule has 48 heavy (non-hydrogen) atoms. The van der Waals surface area contributed by atoms with Gasteiger partial charge in [0.2, 0.25) is 0 Å². The van der Waals surface area contributed by atoms with Crippen molar-refractivity contribution in [2.45, 2.75) is 187 Å². The molecule has 0 aliphatic rings. The maximum Gasteiger partial charge on any atom is 0.0848 e. The molecule has 0 spiro atoms. The summed E-state index contributed by atoms with van der Waals surface area (Å²) in [6, 6.07) is 20.8. The van der Waals surface area contributed by atoms with E-state index >= 15 is 0 Å². The van der Waals surface area contributed by atoms with Crippen molar-refractivity contribution in [1.29, 1.82) is 0 Å². The minimum absolute atomic E-state index is 0. The second-order valence-corrected chi connectivity index (χ2v) is 13.8. The molecule has 0 atom stereocenters. The van der Waals surface area contributed by atoms with Crippen LogP contribution in [0.2, 0.25) is 0 Å². The largest absolute Gasteiger partial charge is 0.251 e. The van der Waals surface area contributed by atoms with Gasteiger partial charge in [-0.25, -0.2) is 4.99 Å². The molecule has 0 saturated carbocycles. The van der Waals surface area contributed by atoms with Crippen LogP contribution in [0.25, 0.3) is 0 Å². The molecule has 0 aliphatic carbocycles. The van der Waals surface area contributed by atoms with Crippen LogP contribution in [0, 0.1) is 0 Å². The molecule has 0 radical (unpaired) electrons. The number of hydrogen-bond donors (Lipinski definition) is 0. The third-order valence-electron chi connectivity index (χ3n) is 9.34. The molecule has 2 nitrogen and oxygen atoms in total. The molecule has 0 aromatic heterocycles. The van der Waals surface area contributed by atoms with E-state index in [0.29, 0.717) is 0 Å². The van der Waals surface area contributed by atoms with Crippen LogP contribution < -0.4 is 0 Å². The fraction of sp³-hybridized carbons (Fsp3) is 0.644. The van der Waals surface area contributed by atoms with Crippen LogP contribution in [-0.2, 0) is 16.5 Å². The van der Waals surface area contributed by atoms with Crippen LogP contribution in [0.15, 0.2) is 82.8 Å². The number of benzene rings is 2. The van der Waals surface area contributed by atoms with Crippen molar-refractivity contribution in [3.8, 4) is 0 Å². The summed E-state index contributed by atoms with van der Waals surface area (Å²) in [6.45, 7) is 4.58. The zero-order valence-electron chi connectivity index (χ0n) is 31.2. The molecular formula is C45H72N2Ni. The van der Waals surface area contributed by atoms with E-state index in [9.17, 15) is 0 Å². The summed E-state index contributed by atoms with van der Waals surface area (Å²) >= 11 is 0. The Labute approximate surface area is 308 Å². The van der Waals surface area contributed by atoms with Crippen molar-refractivity contribution in [2.75, 3.05) is 0 Å². The number of rotatable bonds is 31. The Hall–Kier alpha value is -1.99. The summed E-state index contributed by atoms with van der Waals surface area (Å²) < 4.78 is 0. The van der Waals surface area contributed by atoms with E-state index in [1.807, 2.05) is 0 Å². The van der Waals surface area contributed by atoms with Crippen LogP contribution in [0.5, 0.6) is 0 Å². The van der Waals surface area contributed by atoms with Crippen molar-refractivity contribution in [2.24, 2.45) is 9.98 Å². The monoisotopic (exact) mass is 699 g/mol. The molecule has 272 valence electrons. The number of nitrogens with zero attached hydrogens (tertiary/aromatic N) is 2. The fourth-order valence-corrected chi connectivity index (χ4v) is 6.35. The Morgan fingerprint density at radius 3 is 1.21 bits per heavy atom. The Morgan fingerprint density at radius 1 is 0.438 bits per heavy atom. The maximum absolute atomic E-state index is 5.13. The second-order valence-electron chi connectivity index (χ2n) is 13.8. The van der Waals surface area contributed by atoms with Crippen LogP contribution in [0.3, 0.4) is 0 Å². The average molecular weight is 700 g/mol. The summed E-state index contributed by atoms with van der Waals surface area (Å²) in [6.07, 6.45) is 41.4. The number of aliphatic imine (C=N–C) groups is 2. The molecule has 3 heteroatoms. The normalized spacial score (nSPS) is 12.1. The van der Waals surface area contributed by atoms with Gasteiger partial charge < -0.3 is 0 Å². The van der Waals surface area contributed by atoms with Gasteiger partial charge in [0, 0.05) is 16.5 Å². The number of para-hydroxylation sites is 2. The van der Waals surface area contributed by atoms with Gasteiger partial charge in [-0.2, -0.15) is 0 Å². The first-order valence-corrected chi connectivity index (χ1v) is 20.3. The van der Waals surface area contributed by atoms with Gasteiger partial charge in [0.25, 0.3) is 0 Å². The third-order valence-corrected chi connectivity index (χ3v) is 9.34. The van der Waals surface area contributed by atoms with Gasteiger partial charge >= 0.3 is 0 Å². The molecule has 0 unspecified atom stereocenters. The number of unbranched alkanes of at least 4 members (excludes halogenated alkanes) is 24. The van der Waals surface area contributed by atoms with Crippen molar-refractivity contribution < 1.29 is 16.5 Å². The predicted octanol–water partition coefficient (Wildman–Crippen LogP) is 15.7. The van der Waals surface area contributed by atoms with Crippen LogP contribution in [0.1, 0.15) is 187 Å². The maximum atomic E-state index is 5.13. The van der Waals surface area contributed by atoms with Gasteiger partial charge in [-0.3, -0.25) is 4.99 Å².